The van der Waals surface area contributed by atoms with E-state index in [2.05, 4.69) is 12.1 Å². The van der Waals surface area contributed by atoms with Crippen LogP contribution < -0.4 is 4.74 Å². The van der Waals surface area contributed by atoms with Crippen LogP contribution in [0, 0.1) is 28.9 Å². The van der Waals surface area contributed by atoms with E-state index in [1.807, 2.05) is 17.0 Å². The van der Waals surface area contributed by atoms with Crippen LogP contribution in [0.2, 0.25) is 0 Å². The average Bonchev–Trinajstić information content (AvgIpc) is 2.87. The number of ether oxygens (including phenoxy) is 1. The van der Waals surface area contributed by atoms with Gasteiger partial charge in [-0.1, -0.05) is 12.1 Å². The van der Waals surface area contributed by atoms with Crippen LogP contribution in [0.25, 0.3) is 0 Å². The molecular weight excluding hydrogens is 462 g/mol. The Balaban J connectivity index is 1.18. The van der Waals surface area contributed by atoms with E-state index in [4.69, 9.17) is 4.74 Å². The summed E-state index contributed by atoms with van der Waals surface area (Å²) in [5, 5.41) is 0. The third kappa shape index (κ3) is 3.78. The molecule has 1 aliphatic heterocycles. The lowest BCUT2D eigenvalue weighted by atomic mass is 9.42. The molecule has 2 amide bonds. The second kappa shape index (κ2) is 8.56. The third-order valence-electron chi connectivity index (χ3n) is 9.23. The molecule has 5 aliphatic rings. The Hall–Kier alpha value is -2.96. The molecule has 36 heavy (non-hydrogen) atoms. The van der Waals surface area contributed by atoms with Crippen LogP contribution in [0.3, 0.4) is 0 Å². The molecule has 5 nitrogen and oxygen atoms in total. The van der Waals surface area contributed by atoms with Crippen molar-refractivity contribution in [1.29, 1.82) is 0 Å². The van der Waals surface area contributed by atoms with Crippen molar-refractivity contribution in [2.75, 3.05) is 33.3 Å². The molecule has 2 unspecified atom stereocenters. The summed E-state index contributed by atoms with van der Waals surface area (Å²) < 4.78 is 32.8. The number of hydrogen-bond acceptors (Lipinski definition) is 3. The highest BCUT2D eigenvalue weighted by atomic mass is 19.1. The standard InChI is InChI=1S/C29H32F2N2O3/c1-36-23-5-2-21(3-6-23)28-14-19-12-20(15-28)17-29(16-19,18-28)27(35)33-10-8-32(9-11-33)26(34)24-7-4-22(30)13-25(24)31/h2-7,13,19-20H,8-12,14-18H2,1H3. The number of benzene rings is 2. The Labute approximate surface area is 210 Å². The number of rotatable bonds is 4. The molecule has 0 spiro atoms. The molecule has 5 fully saturated rings. The number of halogens is 2. The average molecular weight is 495 g/mol. The number of carbonyl (C=O) groups is 2. The quantitative estimate of drug-likeness (QED) is 0.614. The number of piperazine rings is 1. The molecule has 1 heterocycles. The van der Waals surface area contributed by atoms with E-state index >= 15 is 0 Å². The van der Waals surface area contributed by atoms with Crippen LogP contribution in [0.15, 0.2) is 42.5 Å². The van der Waals surface area contributed by atoms with Crippen molar-refractivity contribution < 1.29 is 23.1 Å². The SMILES string of the molecule is COc1ccc(C23CC4CC(CC(C(=O)N5CCN(C(=O)c6ccc(F)cc6F)CC5)(C4)C2)C3)cc1. The molecule has 0 N–H and O–H groups in total. The molecule has 4 bridgehead atoms. The van der Waals surface area contributed by atoms with Crippen molar-refractivity contribution >= 4 is 11.8 Å². The van der Waals surface area contributed by atoms with Crippen molar-refractivity contribution in [3.05, 3.63) is 65.2 Å². The molecule has 0 aromatic heterocycles. The molecule has 7 rings (SSSR count). The van der Waals surface area contributed by atoms with Crippen LogP contribution in [0.5, 0.6) is 5.75 Å². The summed E-state index contributed by atoms with van der Waals surface area (Å²) in [5.74, 6) is 0.214. The van der Waals surface area contributed by atoms with Gasteiger partial charge < -0.3 is 14.5 Å². The Morgan fingerprint density at radius 1 is 0.889 bits per heavy atom. The highest BCUT2D eigenvalue weighted by molar-refractivity contribution is 5.94. The van der Waals surface area contributed by atoms with Gasteiger partial charge in [0.25, 0.3) is 5.91 Å². The van der Waals surface area contributed by atoms with Crippen molar-refractivity contribution in [3.8, 4) is 5.75 Å². The zero-order chi connectivity index (χ0) is 25.1. The molecule has 2 atom stereocenters. The normalized spacial score (nSPS) is 31.0. The Morgan fingerprint density at radius 3 is 2.14 bits per heavy atom. The minimum absolute atomic E-state index is 0.0455. The predicted octanol–water partition coefficient (Wildman–Crippen LogP) is 4.80. The molecule has 4 saturated carbocycles. The molecule has 0 radical (unpaired) electrons. The summed E-state index contributed by atoms with van der Waals surface area (Å²) in [6.45, 7) is 1.60. The molecule has 190 valence electrons. The van der Waals surface area contributed by atoms with E-state index in [-0.39, 0.29) is 22.3 Å². The van der Waals surface area contributed by atoms with Gasteiger partial charge in [-0.2, -0.15) is 0 Å². The van der Waals surface area contributed by atoms with E-state index < -0.39 is 17.5 Å². The van der Waals surface area contributed by atoms with Gasteiger partial charge in [0.2, 0.25) is 5.91 Å². The molecule has 2 aromatic carbocycles. The second-order valence-corrected chi connectivity index (χ2v) is 11.5. The Morgan fingerprint density at radius 2 is 1.53 bits per heavy atom. The summed E-state index contributed by atoms with van der Waals surface area (Å²) >= 11 is 0. The molecule has 1 saturated heterocycles. The second-order valence-electron chi connectivity index (χ2n) is 11.5. The summed E-state index contributed by atoms with van der Waals surface area (Å²) in [6.07, 6.45) is 6.32. The number of nitrogens with zero attached hydrogens (tertiary/aromatic N) is 2. The number of methoxy groups -OCH3 is 1. The minimum Gasteiger partial charge on any atom is -0.497 e. The van der Waals surface area contributed by atoms with Gasteiger partial charge in [0, 0.05) is 32.2 Å². The predicted molar refractivity (Wildman–Crippen MR) is 131 cm³/mol. The number of carbonyl (C=O) groups excluding carboxylic acids is 2. The fourth-order valence-corrected chi connectivity index (χ4v) is 8.08. The fourth-order valence-electron chi connectivity index (χ4n) is 8.08. The smallest absolute Gasteiger partial charge is 0.256 e. The zero-order valence-corrected chi connectivity index (χ0v) is 20.6. The van der Waals surface area contributed by atoms with Gasteiger partial charge in [0.15, 0.2) is 0 Å². The first-order chi connectivity index (χ1) is 17.3. The van der Waals surface area contributed by atoms with Gasteiger partial charge >= 0.3 is 0 Å². The van der Waals surface area contributed by atoms with Gasteiger partial charge in [-0.15, -0.1) is 0 Å². The largest absolute Gasteiger partial charge is 0.497 e. The summed E-state index contributed by atoms with van der Waals surface area (Å²) in [5.41, 5.74) is 0.911. The first kappa shape index (κ1) is 23.4. The van der Waals surface area contributed by atoms with Crippen LogP contribution in [0.4, 0.5) is 8.78 Å². The van der Waals surface area contributed by atoms with E-state index in [0.717, 1.165) is 50.0 Å². The zero-order valence-electron chi connectivity index (χ0n) is 20.6. The molecule has 2 aromatic rings. The van der Waals surface area contributed by atoms with Crippen molar-refractivity contribution in [2.45, 2.75) is 43.9 Å². The van der Waals surface area contributed by atoms with Crippen LogP contribution in [-0.4, -0.2) is 54.9 Å². The monoisotopic (exact) mass is 494 g/mol. The number of hydrogen-bond donors (Lipinski definition) is 0. The summed E-state index contributed by atoms with van der Waals surface area (Å²) in [6, 6.07) is 11.5. The van der Waals surface area contributed by atoms with Crippen LogP contribution in [-0.2, 0) is 10.2 Å². The topological polar surface area (TPSA) is 49.9 Å². The van der Waals surface area contributed by atoms with Crippen molar-refractivity contribution in [3.63, 3.8) is 0 Å². The maximum absolute atomic E-state index is 14.1. The summed E-state index contributed by atoms with van der Waals surface area (Å²) in [4.78, 5) is 30.4. The lowest BCUT2D eigenvalue weighted by molar-refractivity contribution is -0.161. The van der Waals surface area contributed by atoms with E-state index in [9.17, 15) is 18.4 Å². The third-order valence-corrected chi connectivity index (χ3v) is 9.23. The molecular formula is C29H32F2N2O3. The lowest BCUT2D eigenvalue weighted by Crippen LogP contribution is -2.61. The Kier molecular flexibility index (Phi) is 5.58. The minimum atomic E-state index is -0.851. The Bertz CT molecular complexity index is 1180. The molecule has 4 aliphatic carbocycles. The van der Waals surface area contributed by atoms with Crippen molar-refractivity contribution in [2.24, 2.45) is 17.3 Å². The maximum Gasteiger partial charge on any atom is 0.256 e. The van der Waals surface area contributed by atoms with Crippen LogP contribution >= 0.6 is 0 Å². The van der Waals surface area contributed by atoms with E-state index in [0.29, 0.717) is 38.0 Å². The van der Waals surface area contributed by atoms with Crippen LogP contribution in [0.1, 0.15) is 54.4 Å². The fraction of sp³-hybridized carbons (Fsp3) is 0.517. The molecule has 7 heteroatoms. The van der Waals surface area contributed by atoms with Gasteiger partial charge in [-0.3, -0.25) is 9.59 Å². The summed E-state index contributed by atoms with van der Waals surface area (Å²) in [7, 11) is 1.68. The highest BCUT2D eigenvalue weighted by Crippen LogP contribution is 2.66. The lowest BCUT2D eigenvalue weighted by Gasteiger charge is -2.62. The van der Waals surface area contributed by atoms with Crippen molar-refractivity contribution in [1.82, 2.24) is 9.80 Å². The first-order valence-electron chi connectivity index (χ1n) is 13.0. The van der Waals surface area contributed by atoms with Gasteiger partial charge in [-0.05, 0) is 85.6 Å². The van der Waals surface area contributed by atoms with E-state index in [1.54, 1.807) is 12.0 Å². The highest BCUT2D eigenvalue weighted by Gasteiger charge is 2.61. The maximum atomic E-state index is 14.1. The first-order valence-corrected chi connectivity index (χ1v) is 13.0. The van der Waals surface area contributed by atoms with Gasteiger partial charge in [-0.25, -0.2) is 8.78 Å². The number of amides is 2. The van der Waals surface area contributed by atoms with Gasteiger partial charge in [0.1, 0.15) is 17.4 Å². The van der Waals surface area contributed by atoms with Gasteiger partial charge in [0.05, 0.1) is 18.1 Å². The van der Waals surface area contributed by atoms with E-state index in [1.165, 1.54) is 18.1 Å².